The van der Waals surface area contributed by atoms with E-state index >= 15 is 0 Å². The Hall–Kier alpha value is -1.03. The Kier molecular flexibility index (Phi) is 21.8. The molecule has 1 aromatic rings. The average Bonchev–Trinajstić information content (AvgIpc) is 2.93. The van der Waals surface area contributed by atoms with Crippen LogP contribution < -0.4 is 4.74 Å². The van der Waals surface area contributed by atoms with Crippen LogP contribution in [0.25, 0.3) is 0 Å². The summed E-state index contributed by atoms with van der Waals surface area (Å²) in [6.07, 6.45) is 23.4. The molecule has 0 aliphatic rings. The number of benzene rings is 1. The second kappa shape index (κ2) is 23.7. The number of hydrogen-bond donors (Lipinski definition) is 1. The highest BCUT2D eigenvalue weighted by atomic mass is 32.2. The van der Waals surface area contributed by atoms with Crippen molar-refractivity contribution < 1.29 is 36.9 Å². The number of halogens is 4. The van der Waals surface area contributed by atoms with Crippen LogP contribution in [-0.4, -0.2) is 11.9 Å². The van der Waals surface area contributed by atoms with Crippen LogP contribution in [0.3, 0.4) is 0 Å². The lowest BCUT2D eigenvalue weighted by Crippen LogP contribution is -2.15. The van der Waals surface area contributed by atoms with Gasteiger partial charge in [-0.1, -0.05) is 134 Å². The molecule has 4 nitrogen and oxygen atoms in total. The Bertz CT molecular complexity index is 725. The van der Waals surface area contributed by atoms with Crippen molar-refractivity contribution in [1.82, 2.24) is 0 Å². The average molecular weight is 583 g/mol. The Morgan fingerprint density at radius 3 is 1.36 bits per heavy atom. The van der Waals surface area contributed by atoms with E-state index in [0.29, 0.717) is 0 Å². The van der Waals surface area contributed by atoms with E-state index in [1.54, 1.807) is 0 Å². The van der Waals surface area contributed by atoms with E-state index in [1.807, 2.05) is 0 Å². The zero-order valence-corrected chi connectivity index (χ0v) is 24.8. The molecule has 228 valence electrons. The first-order chi connectivity index (χ1) is 19.0. The van der Waals surface area contributed by atoms with E-state index < -0.39 is 33.9 Å². The van der Waals surface area contributed by atoms with E-state index in [4.69, 9.17) is 9.99 Å². The maximum absolute atomic E-state index is 14.5. The molecule has 0 aliphatic heterocycles. The van der Waals surface area contributed by atoms with E-state index in [-0.39, 0.29) is 24.6 Å². The third-order valence-corrected chi connectivity index (χ3v) is 7.88. The Morgan fingerprint density at radius 1 is 0.590 bits per heavy atom. The molecule has 0 heterocycles. The molecule has 0 amide bonds. The molecule has 0 saturated heterocycles. The molecule has 0 spiro atoms. The summed E-state index contributed by atoms with van der Waals surface area (Å²) in [5.41, 5.74) is 0. The van der Waals surface area contributed by atoms with Gasteiger partial charge in [0.15, 0.2) is 17.4 Å². The summed E-state index contributed by atoms with van der Waals surface area (Å²) in [5, 5.41) is 11.4. The van der Waals surface area contributed by atoms with Crippen LogP contribution in [0.2, 0.25) is 0 Å². The lowest BCUT2D eigenvalue weighted by Gasteiger charge is -2.19. The van der Waals surface area contributed by atoms with E-state index in [9.17, 15) is 17.6 Å². The molecule has 1 rings (SSSR count). The summed E-state index contributed by atoms with van der Waals surface area (Å²) in [5.74, 6) is -7.63. The molecule has 0 aliphatic carbocycles. The van der Waals surface area contributed by atoms with E-state index in [0.717, 1.165) is 51.4 Å². The van der Waals surface area contributed by atoms with Crippen molar-refractivity contribution in [3.8, 4) is 5.75 Å². The largest absolute Gasteiger partial charge is 0.487 e. The number of hydrogen-bond acceptors (Lipinski definition) is 5. The van der Waals surface area contributed by atoms with Gasteiger partial charge in [0.1, 0.15) is 4.90 Å². The smallest absolute Gasteiger partial charge is 0.205 e. The quantitative estimate of drug-likeness (QED) is 0.0294. The molecule has 1 unspecified atom stereocenters. The van der Waals surface area contributed by atoms with Gasteiger partial charge in [-0.2, -0.15) is 8.78 Å². The van der Waals surface area contributed by atoms with Gasteiger partial charge in [0.2, 0.25) is 11.6 Å². The predicted octanol–water partition coefficient (Wildman–Crippen LogP) is 11.5. The van der Waals surface area contributed by atoms with Gasteiger partial charge in [-0.25, -0.2) is 14.0 Å². The summed E-state index contributed by atoms with van der Waals surface area (Å²) in [4.78, 5) is -1.10. The highest BCUT2D eigenvalue weighted by Crippen LogP contribution is 2.36. The van der Waals surface area contributed by atoms with Crippen LogP contribution in [0, 0.1) is 29.2 Å². The molecule has 0 fully saturated rings. The van der Waals surface area contributed by atoms with Gasteiger partial charge in [0.25, 0.3) is 0 Å². The standard InChI is InChI=1S/C30H50F4O4S/c1-3-5-7-9-11-13-14-16-18-20-22-24(21-19-17-15-12-10-8-6-4-2)23-36-29-25(31)27(33)30(39-38-37-35)28(34)26(29)32/h24,35H,3-23H2,1-2H3. The SMILES string of the molecule is CCCCCCCCCCCCC(CCCCCCCCCC)COc1c(F)c(F)c(SOOO)c(F)c1F. The summed E-state index contributed by atoms with van der Waals surface area (Å²) in [6, 6.07) is 0. The summed E-state index contributed by atoms with van der Waals surface area (Å²) in [6.45, 7) is 4.41. The first kappa shape index (κ1) is 36.0. The normalized spacial score (nSPS) is 12.3. The Morgan fingerprint density at radius 2 is 0.974 bits per heavy atom. The highest BCUT2D eigenvalue weighted by molar-refractivity contribution is 7.94. The minimum Gasteiger partial charge on any atom is -0.487 e. The van der Waals surface area contributed by atoms with Crippen LogP contribution in [0.5, 0.6) is 5.75 Å². The summed E-state index contributed by atoms with van der Waals surface area (Å²) >= 11 is -0.177. The van der Waals surface area contributed by atoms with Gasteiger partial charge in [-0.15, -0.1) is 4.33 Å². The monoisotopic (exact) mass is 582 g/mol. The van der Waals surface area contributed by atoms with Crippen LogP contribution in [-0.2, 0) is 9.37 Å². The molecular formula is C30H50F4O4S. The molecule has 0 bridgehead atoms. The van der Waals surface area contributed by atoms with Crippen LogP contribution in [0.1, 0.15) is 142 Å². The zero-order valence-electron chi connectivity index (χ0n) is 24.0. The van der Waals surface area contributed by atoms with Crippen molar-refractivity contribution in [2.45, 2.75) is 147 Å². The molecule has 1 N–H and O–H groups in total. The Labute approximate surface area is 237 Å². The minimum absolute atomic E-state index is 0.0105. The van der Waals surface area contributed by atoms with Gasteiger partial charge in [-0.05, 0) is 18.8 Å². The van der Waals surface area contributed by atoms with Gasteiger partial charge in [0, 0.05) is 0 Å². The second-order valence-corrected chi connectivity index (χ2v) is 11.3. The number of rotatable bonds is 26. The van der Waals surface area contributed by atoms with Gasteiger partial charge < -0.3 is 4.74 Å². The second-order valence-electron chi connectivity index (χ2n) is 10.6. The van der Waals surface area contributed by atoms with Gasteiger partial charge >= 0.3 is 0 Å². The number of ether oxygens (including phenoxy) is 1. The first-order valence-electron chi connectivity index (χ1n) is 15.1. The zero-order chi connectivity index (χ0) is 28.7. The van der Waals surface area contributed by atoms with Crippen LogP contribution >= 0.6 is 12.0 Å². The topological polar surface area (TPSA) is 47.9 Å². The third-order valence-electron chi connectivity index (χ3n) is 7.23. The maximum atomic E-state index is 14.5. The fourth-order valence-electron chi connectivity index (χ4n) is 4.84. The predicted molar refractivity (Wildman–Crippen MR) is 150 cm³/mol. The fraction of sp³-hybridized carbons (Fsp3) is 0.800. The lowest BCUT2D eigenvalue weighted by molar-refractivity contribution is -0.432. The molecule has 0 aromatic heterocycles. The van der Waals surface area contributed by atoms with Crippen LogP contribution in [0.15, 0.2) is 4.90 Å². The molecule has 0 saturated carbocycles. The van der Waals surface area contributed by atoms with Crippen molar-refractivity contribution in [3.05, 3.63) is 23.3 Å². The third kappa shape index (κ3) is 15.5. The van der Waals surface area contributed by atoms with Gasteiger partial charge in [0.05, 0.1) is 18.6 Å². The highest BCUT2D eigenvalue weighted by Gasteiger charge is 2.28. The molecule has 39 heavy (non-hydrogen) atoms. The summed E-state index contributed by atoms with van der Waals surface area (Å²) < 4.78 is 66.9. The van der Waals surface area contributed by atoms with E-state index in [2.05, 4.69) is 23.2 Å². The molecule has 1 atom stereocenters. The minimum atomic E-state index is -1.67. The van der Waals surface area contributed by atoms with Crippen molar-refractivity contribution in [3.63, 3.8) is 0 Å². The van der Waals surface area contributed by atoms with Crippen molar-refractivity contribution in [1.29, 1.82) is 0 Å². The van der Waals surface area contributed by atoms with Crippen molar-refractivity contribution >= 4 is 12.0 Å². The summed E-state index contributed by atoms with van der Waals surface area (Å²) in [7, 11) is 0. The molecule has 9 heteroatoms. The lowest BCUT2D eigenvalue weighted by atomic mass is 9.94. The van der Waals surface area contributed by atoms with Crippen molar-refractivity contribution in [2.24, 2.45) is 5.92 Å². The van der Waals surface area contributed by atoms with E-state index in [1.165, 1.54) is 77.0 Å². The first-order valence-corrected chi connectivity index (χ1v) is 15.8. The molecule has 0 radical (unpaired) electrons. The van der Waals surface area contributed by atoms with Crippen LogP contribution in [0.4, 0.5) is 17.6 Å². The van der Waals surface area contributed by atoms with Gasteiger partial charge in [-0.3, -0.25) is 0 Å². The number of unbranched alkanes of at least 4 members (excludes halogenated alkanes) is 16. The Balaban J connectivity index is 2.59. The maximum Gasteiger partial charge on any atom is 0.205 e. The van der Waals surface area contributed by atoms with Crippen molar-refractivity contribution in [2.75, 3.05) is 6.61 Å². The molecule has 1 aromatic carbocycles. The molecular weight excluding hydrogens is 532 g/mol. The fourth-order valence-corrected chi connectivity index (χ4v) is 5.26.